The molecule has 6 heteroatoms. The highest BCUT2D eigenvalue weighted by atomic mass is 35.5. The summed E-state index contributed by atoms with van der Waals surface area (Å²) in [5.41, 5.74) is 3.68. The molecule has 3 rings (SSSR count). The number of hydrogen-bond donors (Lipinski definition) is 1. The average Bonchev–Trinajstić information content (AvgIpc) is 3.21. The molecule has 1 amide bonds. The van der Waals surface area contributed by atoms with E-state index >= 15 is 0 Å². The summed E-state index contributed by atoms with van der Waals surface area (Å²) in [6.45, 7) is 5.82. The lowest BCUT2D eigenvalue weighted by Crippen LogP contribution is -2.30. The van der Waals surface area contributed by atoms with Gasteiger partial charge in [0.1, 0.15) is 6.54 Å². The third kappa shape index (κ3) is 3.77. The van der Waals surface area contributed by atoms with Gasteiger partial charge >= 0.3 is 0 Å². The number of benzene rings is 1. The minimum atomic E-state index is -0.0933. The first-order valence-electron chi connectivity index (χ1n) is 8.18. The molecule has 3 aromatic rings. The molecule has 0 fully saturated rings. The Labute approximate surface area is 152 Å². The number of nitrogens with zero attached hydrogens (tertiary/aromatic N) is 3. The van der Waals surface area contributed by atoms with Crippen LogP contribution in [0, 0.1) is 13.8 Å². The Bertz CT molecular complexity index is 866. The van der Waals surface area contributed by atoms with E-state index in [0.29, 0.717) is 5.02 Å². The van der Waals surface area contributed by atoms with Crippen LogP contribution in [0.2, 0.25) is 5.02 Å². The van der Waals surface area contributed by atoms with E-state index in [4.69, 9.17) is 11.6 Å². The Balaban J connectivity index is 1.64. The van der Waals surface area contributed by atoms with E-state index in [-0.39, 0.29) is 18.5 Å². The predicted octanol–water partition coefficient (Wildman–Crippen LogP) is 3.82. The highest BCUT2D eigenvalue weighted by molar-refractivity contribution is 6.31. The van der Waals surface area contributed by atoms with E-state index < -0.39 is 0 Å². The molecule has 0 spiro atoms. The third-order valence-electron chi connectivity index (χ3n) is 4.26. The van der Waals surface area contributed by atoms with E-state index in [1.807, 2.05) is 74.1 Å². The number of aryl methyl sites for hydroxylation is 1. The minimum absolute atomic E-state index is 0.0846. The number of nitrogens with one attached hydrogen (secondary N) is 1. The number of carbonyl (C=O) groups excluding carboxylic acids is 1. The van der Waals surface area contributed by atoms with Crippen LogP contribution in [0.3, 0.4) is 0 Å². The van der Waals surface area contributed by atoms with Gasteiger partial charge in [-0.1, -0.05) is 23.7 Å². The van der Waals surface area contributed by atoms with Gasteiger partial charge in [0.25, 0.3) is 0 Å². The molecular formula is C19H21ClN4O. The molecule has 25 heavy (non-hydrogen) atoms. The van der Waals surface area contributed by atoms with Crippen LogP contribution >= 0.6 is 11.6 Å². The second kappa shape index (κ2) is 7.15. The molecule has 1 atom stereocenters. The zero-order valence-electron chi connectivity index (χ0n) is 14.5. The van der Waals surface area contributed by atoms with Crippen molar-refractivity contribution in [2.75, 3.05) is 0 Å². The second-order valence-corrected chi connectivity index (χ2v) is 6.49. The lowest BCUT2D eigenvalue weighted by atomic mass is 10.1. The topological polar surface area (TPSA) is 51.9 Å². The van der Waals surface area contributed by atoms with Gasteiger partial charge in [-0.2, -0.15) is 5.10 Å². The maximum absolute atomic E-state index is 12.3. The molecule has 130 valence electrons. The molecule has 1 aromatic carbocycles. The van der Waals surface area contributed by atoms with Gasteiger partial charge in [-0.3, -0.25) is 9.48 Å². The molecule has 1 N–H and O–H groups in total. The van der Waals surface area contributed by atoms with Gasteiger partial charge in [-0.05, 0) is 50.6 Å². The van der Waals surface area contributed by atoms with Gasteiger partial charge in [0, 0.05) is 18.1 Å². The highest BCUT2D eigenvalue weighted by Crippen LogP contribution is 2.19. The van der Waals surface area contributed by atoms with Crippen LogP contribution in [-0.4, -0.2) is 20.3 Å². The smallest absolute Gasteiger partial charge is 0.242 e. The molecule has 5 nitrogen and oxygen atoms in total. The maximum atomic E-state index is 12.3. The first-order chi connectivity index (χ1) is 12.0. The Hall–Kier alpha value is -2.53. The van der Waals surface area contributed by atoms with Crippen molar-refractivity contribution in [1.29, 1.82) is 0 Å². The normalized spacial score (nSPS) is 12.2. The molecule has 0 radical (unpaired) electrons. The summed E-state index contributed by atoms with van der Waals surface area (Å²) in [6, 6.07) is 12.0. The molecule has 2 heterocycles. The lowest BCUT2D eigenvalue weighted by Gasteiger charge is -2.15. The molecule has 2 aromatic heterocycles. The minimum Gasteiger partial charge on any atom is -0.348 e. The molecule has 0 saturated carbocycles. The fraction of sp³-hybridized carbons (Fsp3) is 0.263. The first kappa shape index (κ1) is 17.3. The number of carbonyl (C=O) groups is 1. The van der Waals surface area contributed by atoms with E-state index in [0.717, 1.165) is 22.6 Å². The van der Waals surface area contributed by atoms with Gasteiger partial charge in [-0.15, -0.1) is 0 Å². The van der Waals surface area contributed by atoms with Crippen molar-refractivity contribution < 1.29 is 4.79 Å². The van der Waals surface area contributed by atoms with Crippen LogP contribution in [0.25, 0.3) is 5.69 Å². The monoisotopic (exact) mass is 356 g/mol. The van der Waals surface area contributed by atoms with Crippen LogP contribution in [0.1, 0.15) is 29.9 Å². The van der Waals surface area contributed by atoms with Crippen molar-refractivity contribution in [2.24, 2.45) is 0 Å². The molecule has 0 aliphatic heterocycles. The van der Waals surface area contributed by atoms with Crippen LogP contribution in [0.15, 0.2) is 48.8 Å². The van der Waals surface area contributed by atoms with Crippen molar-refractivity contribution in [3.63, 3.8) is 0 Å². The quantitative estimate of drug-likeness (QED) is 0.755. The molecular weight excluding hydrogens is 336 g/mol. The van der Waals surface area contributed by atoms with Crippen molar-refractivity contribution in [3.8, 4) is 5.69 Å². The summed E-state index contributed by atoms with van der Waals surface area (Å²) in [6.07, 6.45) is 4.00. The highest BCUT2D eigenvalue weighted by Gasteiger charge is 2.14. The summed E-state index contributed by atoms with van der Waals surface area (Å²) >= 11 is 6.12. The van der Waals surface area contributed by atoms with Gasteiger partial charge in [-0.25, -0.2) is 0 Å². The van der Waals surface area contributed by atoms with Crippen molar-refractivity contribution in [1.82, 2.24) is 19.7 Å². The molecule has 0 bridgehead atoms. The van der Waals surface area contributed by atoms with Crippen molar-refractivity contribution >= 4 is 17.5 Å². The number of halogens is 1. The Morgan fingerprint density at radius 3 is 2.40 bits per heavy atom. The summed E-state index contributed by atoms with van der Waals surface area (Å²) in [4.78, 5) is 12.3. The maximum Gasteiger partial charge on any atom is 0.242 e. The van der Waals surface area contributed by atoms with Gasteiger partial charge < -0.3 is 9.88 Å². The Morgan fingerprint density at radius 1 is 1.20 bits per heavy atom. The molecule has 0 aliphatic rings. The molecule has 0 saturated heterocycles. The summed E-state index contributed by atoms with van der Waals surface area (Å²) in [5.74, 6) is -0.0933. The standard InChI is InChI=1S/C19H21ClN4O/c1-13(16-6-8-17(9-7-16)23-10-4-5-11-23)21-18(25)12-24-15(3)19(20)14(2)22-24/h4-11,13H,12H2,1-3H3,(H,21,25). The van der Waals surface area contributed by atoms with Gasteiger partial charge in [0.2, 0.25) is 5.91 Å². The zero-order valence-corrected chi connectivity index (χ0v) is 15.3. The van der Waals surface area contributed by atoms with Gasteiger partial charge in [0.05, 0.1) is 22.5 Å². The SMILES string of the molecule is Cc1nn(CC(=O)NC(C)c2ccc(-n3cccc3)cc2)c(C)c1Cl. The fourth-order valence-corrected chi connectivity index (χ4v) is 2.91. The average molecular weight is 357 g/mol. The Morgan fingerprint density at radius 2 is 1.84 bits per heavy atom. The zero-order chi connectivity index (χ0) is 18.0. The van der Waals surface area contributed by atoms with Gasteiger partial charge in [0.15, 0.2) is 0 Å². The second-order valence-electron chi connectivity index (χ2n) is 6.11. The summed E-state index contributed by atoms with van der Waals surface area (Å²) < 4.78 is 3.68. The summed E-state index contributed by atoms with van der Waals surface area (Å²) in [5, 5.41) is 7.91. The Kier molecular flexibility index (Phi) is 4.95. The van der Waals surface area contributed by atoms with E-state index in [1.165, 1.54) is 0 Å². The first-order valence-corrected chi connectivity index (χ1v) is 8.55. The predicted molar refractivity (Wildman–Crippen MR) is 99.0 cm³/mol. The largest absolute Gasteiger partial charge is 0.348 e. The number of aromatic nitrogens is 3. The van der Waals surface area contributed by atoms with E-state index in [9.17, 15) is 4.79 Å². The number of rotatable bonds is 5. The lowest BCUT2D eigenvalue weighted by molar-refractivity contribution is -0.122. The number of hydrogen-bond acceptors (Lipinski definition) is 2. The summed E-state index contributed by atoms with van der Waals surface area (Å²) in [7, 11) is 0. The number of amides is 1. The molecule has 1 unspecified atom stereocenters. The van der Waals surface area contributed by atoms with Crippen LogP contribution in [0.4, 0.5) is 0 Å². The van der Waals surface area contributed by atoms with Crippen LogP contribution in [0.5, 0.6) is 0 Å². The van der Waals surface area contributed by atoms with E-state index in [1.54, 1.807) is 4.68 Å². The molecule has 0 aliphatic carbocycles. The van der Waals surface area contributed by atoms with Crippen molar-refractivity contribution in [3.05, 3.63) is 70.8 Å². The van der Waals surface area contributed by atoms with Crippen molar-refractivity contribution in [2.45, 2.75) is 33.4 Å². The fourth-order valence-electron chi connectivity index (χ4n) is 2.78. The van der Waals surface area contributed by atoms with Crippen LogP contribution < -0.4 is 5.32 Å². The van der Waals surface area contributed by atoms with E-state index in [2.05, 4.69) is 10.4 Å². The van der Waals surface area contributed by atoms with Crippen LogP contribution in [-0.2, 0) is 11.3 Å². The third-order valence-corrected chi connectivity index (χ3v) is 4.81.